The normalized spacial score (nSPS) is 12.9. The highest BCUT2D eigenvalue weighted by Gasteiger charge is 2.11. The van der Waals surface area contributed by atoms with Crippen molar-refractivity contribution in [2.24, 2.45) is 20.5 Å². The summed E-state index contributed by atoms with van der Waals surface area (Å²) in [5.41, 5.74) is 1.52. The number of nitrogens with one attached hydrogen (secondary N) is 1. The molecule has 0 aliphatic rings. The van der Waals surface area contributed by atoms with Crippen LogP contribution in [0.3, 0.4) is 0 Å². The van der Waals surface area contributed by atoms with E-state index in [4.69, 9.17) is 0 Å². The molecular formula is C16H14N6. The van der Waals surface area contributed by atoms with Crippen LogP contribution in [0.25, 0.3) is 0 Å². The fourth-order valence-electron chi connectivity index (χ4n) is 1.78. The van der Waals surface area contributed by atoms with E-state index >= 15 is 0 Å². The molecule has 0 saturated heterocycles. The van der Waals surface area contributed by atoms with Crippen molar-refractivity contribution < 1.29 is 0 Å². The van der Waals surface area contributed by atoms with Crippen LogP contribution in [-0.2, 0) is 0 Å². The Kier molecular flexibility index (Phi) is 4.41. The van der Waals surface area contributed by atoms with Crippen molar-refractivity contribution in [1.29, 1.82) is 0 Å². The second-order valence-electron chi connectivity index (χ2n) is 4.45. The second kappa shape index (κ2) is 7.03. The Labute approximate surface area is 127 Å². The van der Waals surface area contributed by atoms with E-state index in [0.29, 0.717) is 5.82 Å². The summed E-state index contributed by atoms with van der Waals surface area (Å²) >= 11 is 0. The third-order valence-corrected chi connectivity index (χ3v) is 2.84. The van der Waals surface area contributed by atoms with Gasteiger partial charge in [-0.25, -0.2) is 4.98 Å². The lowest BCUT2D eigenvalue weighted by Crippen LogP contribution is -1.93. The number of aromatic amines is 1. The van der Waals surface area contributed by atoms with Gasteiger partial charge in [-0.2, -0.15) is 20.5 Å². The largest absolute Gasteiger partial charge is 0.345 e. The van der Waals surface area contributed by atoms with Crippen LogP contribution in [0, 0.1) is 0 Å². The lowest BCUT2D eigenvalue weighted by atomic mass is 10.3. The molecule has 0 saturated carbocycles. The summed E-state index contributed by atoms with van der Waals surface area (Å²) in [5.74, 6) is 0.597. The first-order valence-electron chi connectivity index (χ1n) is 6.83. The van der Waals surface area contributed by atoms with Crippen LogP contribution in [0.1, 0.15) is 12.0 Å². The van der Waals surface area contributed by atoms with Crippen molar-refractivity contribution in [3.63, 3.8) is 0 Å². The average Bonchev–Trinajstić information content (AvgIpc) is 3.11. The quantitative estimate of drug-likeness (QED) is 0.661. The summed E-state index contributed by atoms with van der Waals surface area (Å²) in [6.07, 6.45) is 2.77. The molecule has 1 heterocycles. The molecular weight excluding hydrogens is 276 g/mol. The van der Waals surface area contributed by atoms with Crippen molar-refractivity contribution >= 4 is 11.4 Å². The third-order valence-electron chi connectivity index (χ3n) is 2.84. The number of imidazole rings is 1. The van der Waals surface area contributed by atoms with Gasteiger partial charge in [0.1, 0.15) is 0 Å². The molecule has 0 radical (unpaired) electrons. The first kappa shape index (κ1) is 13.8. The Morgan fingerprint density at radius 1 is 0.773 bits per heavy atom. The van der Waals surface area contributed by atoms with Gasteiger partial charge in [-0.3, -0.25) is 0 Å². The number of nitrogens with zero attached hydrogens (tertiary/aromatic N) is 5. The fraction of sp³-hybridized carbons (Fsp3) is 0.0625. The molecule has 2 aromatic carbocycles. The van der Waals surface area contributed by atoms with E-state index in [2.05, 4.69) is 30.4 Å². The monoisotopic (exact) mass is 290 g/mol. The molecule has 0 aliphatic carbocycles. The van der Waals surface area contributed by atoms with Crippen LogP contribution in [0.4, 0.5) is 11.4 Å². The van der Waals surface area contributed by atoms with E-state index in [9.17, 15) is 0 Å². The van der Waals surface area contributed by atoms with E-state index in [1.54, 1.807) is 12.4 Å². The highest BCUT2D eigenvalue weighted by Crippen LogP contribution is 2.22. The van der Waals surface area contributed by atoms with Crippen LogP contribution >= 0.6 is 0 Å². The van der Waals surface area contributed by atoms with Gasteiger partial charge in [0.25, 0.3) is 0 Å². The van der Waals surface area contributed by atoms with Gasteiger partial charge in [-0.05, 0) is 24.3 Å². The van der Waals surface area contributed by atoms with Gasteiger partial charge in [0.15, 0.2) is 5.82 Å². The Balaban J connectivity index is 1.82. The lowest BCUT2D eigenvalue weighted by molar-refractivity contribution is 0.651. The van der Waals surface area contributed by atoms with Gasteiger partial charge in [-0.1, -0.05) is 36.4 Å². The van der Waals surface area contributed by atoms with Gasteiger partial charge in [0.2, 0.25) is 6.17 Å². The highest BCUT2D eigenvalue weighted by atomic mass is 15.3. The minimum absolute atomic E-state index is 0.597. The van der Waals surface area contributed by atoms with E-state index in [1.807, 2.05) is 60.7 Å². The standard InChI is InChI=1S/C16H14N6/c1-3-7-13(8-4-1)19-21-16(15-17-11-12-18-15)22-20-14-9-5-2-6-10-14/h1-12,16H,(H,17,18). The number of benzene rings is 2. The van der Waals surface area contributed by atoms with Crippen LogP contribution < -0.4 is 0 Å². The zero-order valence-corrected chi connectivity index (χ0v) is 11.7. The predicted octanol–water partition coefficient (Wildman–Crippen LogP) is 4.98. The summed E-state index contributed by atoms with van der Waals surface area (Å²) in [6.45, 7) is 0. The molecule has 0 atom stereocenters. The molecule has 3 rings (SSSR count). The fourth-order valence-corrected chi connectivity index (χ4v) is 1.78. The molecule has 0 spiro atoms. The van der Waals surface area contributed by atoms with Crippen molar-refractivity contribution in [3.8, 4) is 0 Å². The van der Waals surface area contributed by atoms with E-state index < -0.39 is 6.17 Å². The minimum atomic E-state index is -0.601. The summed E-state index contributed by atoms with van der Waals surface area (Å²) in [5, 5.41) is 16.8. The van der Waals surface area contributed by atoms with Gasteiger partial charge in [0, 0.05) is 12.4 Å². The summed E-state index contributed by atoms with van der Waals surface area (Å²) in [4.78, 5) is 7.17. The molecule has 1 aromatic heterocycles. The third kappa shape index (κ3) is 3.69. The zero-order valence-electron chi connectivity index (χ0n) is 11.7. The highest BCUT2D eigenvalue weighted by molar-refractivity contribution is 5.35. The van der Waals surface area contributed by atoms with Crippen LogP contribution in [0.2, 0.25) is 0 Å². The molecule has 108 valence electrons. The molecule has 0 unspecified atom stereocenters. The Morgan fingerprint density at radius 3 is 1.77 bits per heavy atom. The Bertz CT molecular complexity index is 685. The summed E-state index contributed by atoms with van der Waals surface area (Å²) < 4.78 is 0. The Morgan fingerprint density at radius 2 is 1.32 bits per heavy atom. The van der Waals surface area contributed by atoms with Gasteiger partial charge >= 0.3 is 0 Å². The zero-order chi connectivity index (χ0) is 15.0. The maximum absolute atomic E-state index is 4.22. The molecule has 0 bridgehead atoms. The molecule has 6 heteroatoms. The topological polar surface area (TPSA) is 78.1 Å². The molecule has 3 aromatic rings. The van der Waals surface area contributed by atoms with Crippen LogP contribution in [-0.4, -0.2) is 9.97 Å². The van der Waals surface area contributed by atoms with Gasteiger partial charge in [-0.15, -0.1) is 0 Å². The number of hydrogen-bond donors (Lipinski definition) is 1. The molecule has 0 aliphatic heterocycles. The SMILES string of the molecule is c1ccc(N=NC(N=Nc2ccccc2)c2ncc[nH]2)cc1. The molecule has 22 heavy (non-hydrogen) atoms. The number of azo groups is 2. The predicted molar refractivity (Wildman–Crippen MR) is 83.2 cm³/mol. The number of rotatable bonds is 5. The number of hydrogen-bond acceptors (Lipinski definition) is 5. The number of H-pyrrole nitrogens is 1. The summed E-state index contributed by atoms with van der Waals surface area (Å²) in [7, 11) is 0. The van der Waals surface area contributed by atoms with Crippen LogP contribution in [0.15, 0.2) is 93.5 Å². The van der Waals surface area contributed by atoms with Gasteiger partial charge < -0.3 is 4.98 Å². The first-order chi connectivity index (χ1) is 10.9. The average molecular weight is 290 g/mol. The maximum Gasteiger partial charge on any atom is 0.238 e. The molecule has 0 amide bonds. The molecule has 0 fully saturated rings. The molecule has 1 N–H and O–H groups in total. The summed E-state index contributed by atoms with van der Waals surface area (Å²) in [6, 6.07) is 19.0. The van der Waals surface area contributed by atoms with Crippen LogP contribution in [0.5, 0.6) is 0 Å². The van der Waals surface area contributed by atoms with E-state index in [1.165, 1.54) is 0 Å². The first-order valence-corrected chi connectivity index (χ1v) is 6.83. The van der Waals surface area contributed by atoms with Crippen molar-refractivity contribution in [2.75, 3.05) is 0 Å². The smallest absolute Gasteiger partial charge is 0.238 e. The lowest BCUT2D eigenvalue weighted by Gasteiger charge is -2.01. The van der Waals surface area contributed by atoms with Crippen molar-refractivity contribution in [2.45, 2.75) is 6.17 Å². The van der Waals surface area contributed by atoms with E-state index in [-0.39, 0.29) is 0 Å². The minimum Gasteiger partial charge on any atom is -0.345 e. The maximum atomic E-state index is 4.22. The number of aromatic nitrogens is 2. The van der Waals surface area contributed by atoms with Crippen molar-refractivity contribution in [3.05, 3.63) is 78.9 Å². The van der Waals surface area contributed by atoms with E-state index in [0.717, 1.165) is 11.4 Å². The Hall–Kier alpha value is -3.15. The second-order valence-corrected chi connectivity index (χ2v) is 4.45. The molecule has 6 nitrogen and oxygen atoms in total. The van der Waals surface area contributed by atoms with Crippen molar-refractivity contribution in [1.82, 2.24) is 9.97 Å². The van der Waals surface area contributed by atoms with Gasteiger partial charge in [0.05, 0.1) is 11.4 Å².